The van der Waals surface area contributed by atoms with Gasteiger partial charge in [0.2, 0.25) is 5.91 Å². The van der Waals surface area contributed by atoms with E-state index in [9.17, 15) is 4.79 Å². The zero-order chi connectivity index (χ0) is 19.6. The van der Waals surface area contributed by atoms with Crippen LogP contribution in [0.1, 0.15) is 31.4 Å². The summed E-state index contributed by atoms with van der Waals surface area (Å²) in [5.41, 5.74) is 2.22. The second-order valence-electron chi connectivity index (χ2n) is 6.60. The van der Waals surface area contributed by atoms with Crippen LogP contribution < -0.4 is 19.5 Å². The van der Waals surface area contributed by atoms with Gasteiger partial charge in [-0.05, 0) is 62.1 Å². The van der Waals surface area contributed by atoms with Gasteiger partial charge < -0.3 is 19.5 Å². The van der Waals surface area contributed by atoms with Crippen LogP contribution in [0, 0.1) is 0 Å². The number of nitrogens with one attached hydrogen (secondary N) is 1. The third-order valence-electron chi connectivity index (χ3n) is 4.12. The molecule has 0 radical (unpaired) electrons. The summed E-state index contributed by atoms with van der Waals surface area (Å²) in [7, 11) is 3.21. The summed E-state index contributed by atoms with van der Waals surface area (Å²) < 4.78 is 16.1. The summed E-state index contributed by atoms with van der Waals surface area (Å²) in [6.45, 7) is 4.63. The lowest BCUT2D eigenvalue weighted by molar-refractivity contribution is -0.121. The molecule has 5 nitrogen and oxygen atoms in total. The molecule has 0 fully saturated rings. The zero-order valence-corrected chi connectivity index (χ0v) is 16.6. The van der Waals surface area contributed by atoms with E-state index in [2.05, 4.69) is 5.32 Å². The smallest absolute Gasteiger partial charge is 0.220 e. The summed E-state index contributed by atoms with van der Waals surface area (Å²) in [5.74, 6) is 2.29. The van der Waals surface area contributed by atoms with E-state index in [1.54, 1.807) is 14.2 Å². The number of ether oxygens (including phenoxy) is 3. The van der Waals surface area contributed by atoms with Crippen molar-refractivity contribution in [1.82, 2.24) is 5.32 Å². The molecule has 2 aromatic rings. The molecule has 146 valence electrons. The topological polar surface area (TPSA) is 56.8 Å². The van der Waals surface area contributed by atoms with Crippen LogP contribution in [0.5, 0.6) is 17.2 Å². The third-order valence-corrected chi connectivity index (χ3v) is 4.12. The lowest BCUT2D eigenvalue weighted by Gasteiger charge is -2.11. The second kappa shape index (κ2) is 10.5. The fourth-order valence-corrected chi connectivity index (χ4v) is 2.74. The Hall–Kier alpha value is -2.69. The summed E-state index contributed by atoms with van der Waals surface area (Å²) in [5, 5.41) is 2.97. The minimum atomic E-state index is 0.0459. The number of aryl methyl sites for hydroxylation is 1. The summed E-state index contributed by atoms with van der Waals surface area (Å²) in [4.78, 5) is 12.1. The maximum atomic E-state index is 12.1. The van der Waals surface area contributed by atoms with Crippen LogP contribution >= 0.6 is 0 Å². The second-order valence-corrected chi connectivity index (χ2v) is 6.60. The van der Waals surface area contributed by atoms with Gasteiger partial charge in [-0.2, -0.15) is 0 Å². The van der Waals surface area contributed by atoms with Gasteiger partial charge in [0.25, 0.3) is 0 Å². The van der Waals surface area contributed by atoms with Crippen molar-refractivity contribution < 1.29 is 19.0 Å². The largest absolute Gasteiger partial charge is 0.493 e. The zero-order valence-electron chi connectivity index (χ0n) is 16.6. The van der Waals surface area contributed by atoms with Crippen molar-refractivity contribution in [3.05, 3.63) is 53.6 Å². The van der Waals surface area contributed by atoms with E-state index in [1.807, 2.05) is 56.3 Å². The predicted molar refractivity (Wildman–Crippen MR) is 107 cm³/mol. The van der Waals surface area contributed by atoms with Crippen molar-refractivity contribution in [1.29, 1.82) is 0 Å². The maximum Gasteiger partial charge on any atom is 0.220 e. The van der Waals surface area contributed by atoms with Crippen molar-refractivity contribution in [2.45, 2.75) is 39.2 Å². The third kappa shape index (κ3) is 6.85. The normalized spacial score (nSPS) is 10.6. The lowest BCUT2D eigenvalue weighted by Crippen LogP contribution is -2.25. The van der Waals surface area contributed by atoms with Gasteiger partial charge in [-0.3, -0.25) is 4.79 Å². The van der Waals surface area contributed by atoms with Gasteiger partial charge in [-0.1, -0.05) is 18.2 Å². The highest BCUT2D eigenvalue weighted by atomic mass is 16.5. The molecule has 2 aromatic carbocycles. The fourth-order valence-electron chi connectivity index (χ4n) is 2.74. The fraction of sp³-hybridized carbons (Fsp3) is 0.409. The van der Waals surface area contributed by atoms with E-state index in [-0.39, 0.29) is 12.0 Å². The van der Waals surface area contributed by atoms with Gasteiger partial charge in [0.15, 0.2) is 11.5 Å². The summed E-state index contributed by atoms with van der Waals surface area (Å²) in [6.07, 6.45) is 2.06. The molecule has 27 heavy (non-hydrogen) atoms. The summed E-state index contributed by atoms with van der Waals surface area (Å²) in [6, 6.07) is 13.7. The Kier molecular flexibility index (Phi) is 7.99. The number of carbonyl (C=O) groups excluding carboxylic acids is 1. The van der Waals surface area contributed by atoms with E-state index in [0.29, 0.717) is 30.9 Å². The molecule has 0 spiro atoms. The highest BCUT2D eigenvalue weighted by Crippen LogP contribution is 2.27. The van der Waals surface area contributed by atoms with Crippen LogP contribution in [-0.2, 0) is 17.6 Å². The standard InChI is InChI=1S/C22H29NO4/c1-16(2)27-19-9-5-17(6-10-19)13-14-23-22(24)12-8-18-7-11-20(25-3)21(15-18)26-4/h5-7,9-11,15-16H,8,12-14H2,1-4H3,(H,23,24). The molecule has 1 amide bonds. The van der Waals surface area contributed by atoms with Crippen LogP contribution in [0.3, 0.4) is 0 Å². The van der Waals surface area contributed by atoms with Crippen molar-refractivity contribution in [2.75, 3.05) is 20.8 Å². The van der Waals surface area contributed by atoms with Gasteiger partial charge in [-0.15, -0.1) is 0 Å². The number of rotatable bonds is 10. The van der Waals surface area contributed by atoms with E-state index < -0.39 is 0 Å². The molecular formula is C22H29NO4. The highest BCUT2D eigenvalue weighted by Gasteiger charge is 2.07. The van der Waals surface area contributed by atoms with Gasteiger partial charge >= 0.3 is 0 Å². The minimum Gasteiger partial charge on any atom is -0.493 e. The Morgan fingerprint density at radius 2 is 1.59 bits per heavy atom. The maximum absolute atomic E-state index is 12.1. The molecule has 0 saturated heterocycles. The first-order valence-corrected chi connectivity index (χ1v) is 9.25. The van der Waals surface area contributed by atoms with E-state index in [4.69, 9.17) is 14.2 Å². The van der Waals surface area contributed by atoms with Crippen LogP contribution in [0.2, 0.25) is 0 Å². The Bertz CT molecular complexity index is 726. The molecule has 0 aromatic heterocycles. The highest BCUT2D eigenvalue weighted by molar-refractivity contribution is 5.76. The van der Waals surface area contributed by atoms with E-state index >= 15 is 0 Å². The predicted octanol–water partition coefficient (Wildman–Crippen LogP) is 3.78. The molecule has 0 heterocycles. The molecule has 0 aliphatic heterocycles. The van der Waals surface area contributed by atoms with E-state index in [1.165, 1.54) is 5.56 Å². The van der Waals surface area contributed by atoms with Crippen molar-refractivity contribution in [3.63, 3.8) is 0 Å². The van der Waals surface area contributed by atoms with Gasteiger partial charge in [0.1, 0.15) is 5.75 Å². The lowest BCUT2D eigenvalue weighted by atomic mass is 10.1. The van der Waals surface area contributed by atoms with Crippen molar-refractivity contribution in [3.8, 4) is 17.2 Å². The molecule has 0 bridgehead atoms. The minimum absolute atomic E-state index is 0.0459. The monoisotopic (exact) mass is 371 g/mol. The number of hydrogen-bond acceptors (Lipinski definition) is 4. The van der Waals surface area contributed by atoms with Crippen LogP contribution in [0.4, 0.5) is 0 Å². The molecule has 2 rings (SSSR count). The number of carbonyl (C=O) groups is 1. The van der Waals surface area contributed by atoms with Crippen LogP contribution in [0.15, 0.2) is 42.5 Å². The first kappa shape index (κ1) is 20.6. The van der Waals surface area contributed by atoms with Crippen molar-refractivity contribution >= 4 is 5.91 Å². The molecule has 0 unspecified atom stereocenters. The van der Waals surface area contributed by atoms with Gasteiger partial charge in [0.05, 0.1) is 20.3 Å². The van der Waals surface area contributed by atoms with Crippen molar-refractivity contribution in [2.24, 2.45) is 0 Å². The van der Waals surface area contributed by atoms with Gasteiger partial charge in [-0.25, -0.2) is 0 Å². The molecule has 1 N–H and O–H groups in total. The summed E-state index contributed by atoms with van der Waals surface area (Å²) >= 11 is 0. The Labute approximate surface area is 161 Å². The quantitative estimate of drug-likeness (QED) is 0.690. The molecule has 0 aliphatic rings. The Balaban J connectivity index is 1.73. The number of benzene rings is 2. The average Bonchev–Trinajstić information content (AvgIpc) is 2.67. The average molecular weight is 371 g/mol. The first-order chi connectivity index (χ1) is 13.0. The number of methoxy groups -OCH3 is 2. The van der Waals surface area contributed by atoms with Crippen LogP contribution in [-0.4, -0.2) is 32.8 Å². The molecule has 5 heteroatoms. The van der Waals surface area contributed by atoms with Gasteiger partial charge in [0, 0.05) is 13.0 Å². The van der Waals surface area contributed by atoms with Crippen LogP contribution in [0.25, 0.3) is 0 Å². The molecule has 0 atom stereocenters. The Morgan fingerprint density at radius 1 is 0.926 bits per heavy atom. The molecule has 0 aliphatic carbocycles. The SMILES string of the molecule is COc1ccc(CCC(=O)NCCc2ccc(OC(C)C)cc2)cc1OC. The van der Waals surface area contributed by atoms with E-state index in [0.717, 1.165) is 17.7 Å². The first-order valence-electron chi connectivity index (χ1n) is 9.25. The number of amides is 1. The Morgan fingerprint density at radius 3 is 2.22 bits per heavy atom. The molecular weight excluding hydrogens is 342 g/mol. The molecule has 0 saturated carbocycles. The number of hydrogen-bond donors (Lipinski definition) is 1.